The molecule has 41 heavy (non-hydrogen) atoms. The van der Waals surface area contributed by atoms with Crippen molar-refractivity contribution in [3.8, 4) is 11.3 Å². The number of rotatable bonds is 2. The second-order valence-electron chi connectivity index (χ2n) is 12.7. The average Bonchev–Trinajstić information content (AvgIpc) is 3.69. The van der Waals surface area contributed by atoms with Crippen molar-refractivity contribution in [2.75, 3.05) is 0 Å². The molecule has 5 aromatic heterocycles. The highest BCUT2D eigenvalue weighted by molar-refractivity contribution is 6.32. The lowest BCUT2D eigenvalue weighted by Gasteiger charge is -2.17. The first kappa shape index (κ1) is 21.2. The molecule has 3 heteroatoms. The molecule has 3 nitrogen and oxygen atoms in total. The second-order valence-corrected chi connectivity index (χ2v) is 12.7. The van der Waals surface area contributed by atoms with Gasteiger partial charge >= 0.3 is 0 Å². The molecule has 4 aromatic carbocycles. The molecule has 0 fully saturated rings. The van der Waals surface area contributed by atoms with Crippen LogP contribution in [-0.4, -0.2) is 8.80 Å². The third-order valence-corrected chi connectivity index (χ3v) is 9.00. The van der Waals surface area contributed by atoms with Crippen molar-refractivity contribution in [2.45, 2.75) is 34.1 Å². The van der Waals surface area contributed by atoms with Crippen molar-refractivity contribution in [2.24, 2.45) is 12.5 Å². The zero-order valence-electron chi connectivity index (χ0n) is 26.0. The highest BCUT2D eigenvalue weighted by atomic mass is 15.0. The Morgan fingerprint density at radius 2 is 1.32 bits per heavy atom. The molecule has 0 atom stereocenters. The Morgan fingerprint density at radius 1 is 0.683 bits per heavy atom. The van der Waals surface area contributed by atoms with Gasteiger partial charge in [-0.05, 0) is 48.5 Å². The van der Waals surface area contributed by atoms with Crippen LogP contribution in [0.5, 0.6) is 0 Å². The summed E-state index contributed by atoms with van der Waals surface area (Å²) in [5.41, 5.74) is 11.2. The Hall–Kier alpha value is -4.63. The number of fused-ring (bicyclic) bond motifs is 11. The minimum Gasteiger partial charge on any atom is -0.306 e. The molecule has 0 radical (unpaired) electrons. The Balaban J connectivity index is 1.47. The molecule has 0 N–H and O–H groups in total. The highest BCUT2D eigenvalue weighted by Gasteiger charge is 2.28. The SMILES string of the molecule is [2H]C([2H])(c1ccc(-c2cc3c4c(c2C)c2ccccc2n4c2c4cccc5c6ccccc6n(c54)c32)[n+](C)c1)C(C)(C)C. The summed E-state index contributed by atoms with van der Waals surface area (Å²) in [6.07, 6.45) is 0.520. The summed E-state index contributed by atoms with van der Waals surface area (Å²) < 4.78 is 24.8. The standard InChI is InChI=1S/C38H32N3/c1-22-28(30-18-17-23(21-39(30)5)20-38(2,3)4)19-29-35-33(22)26-12-7-9-16-32(26)41(35)36-27-14-10-13-25-24-11-6-8-15-31(24)40(34(25)27)37(29)36/h6-19,21H,20H2,1-5H3/q+1/i20D2. The minimum absolute atomic E-state index is 0.519. The van der Waals surface area contributed by atoms with E-state index in [-0.39, 0.29) is 0 Å². The van der Waals surface area contributed by atoms with Gasteiger partial charge in [0.2, 0.25) is 5.69 Å². The molecule has 0 amide bonds. The van der Waals surface area contributed by atoms with Gasteiger partial charge in [-0.2, -0.15) is 0 Å². The van der Waals surface area contributed by atoms with Crippen LogP contribution < -0.4 is 4.57 Å². The zero-order valence-corrected chi connectivity index (χ0v) is 24.0. The van der Waals surface area contributed by atoms with Crippen molar-refractivity contribution in [3.63, 3.8) is 0 Å². The first-order valence-electron chi connectivity index (χ1n) is 15.4. The van der Waals surface area contributed by atoms with Crippen LogP contribution in [0, 0.1) is 12.3 Å². The molecule has 198 valence electrons. The van der Waals surface area contributed by atoms with Crippen molar-refractivity contribution in [1.29, 1.82) is 0 Å². The number of benzene rings is 4. The number of hydrogen-bond donors (Lipinski definition) is 0. The fraction of sp³-hybridized carbons (Fsp3) is 0.184. The van der Waals surface area contributed by atoms with E-state index in [0.717, 1.165) is 5.69 Å². The monoisotopic (exact) mass is 532 g/mol. The quantitative estimate of drug-likeness (QED) is 0.197. The molecule has 0 saturated carbocycles. The van der Waals surface area contributed by atoms with E-state index in [1.807, 2.05) is 40.1 Å². The molecule has 0 unspecified atom stereocenters. The van der Waals surface area contributed by atoms with E-state index < -0.39 is 11.8 Å². The van der Waals surface area contributed by atoms with Crippen LogP contribution in [-0.2, 0) is 13.4 Å². The van der Waals surface area contributed by atoms with E-state index in [0.29, 0.717) is 5.56 Å². The average molecular weight is 533 g/mol. The van der Waals surface area contributed by atoms with Crippen molar-refractivity contribution in [3.05, 3.63) is 102 Å². The summed E-state index contributed by atoms with van der Waals surface area (Å²) in [4.78, 5) is 0. The van der Waals surface area contributed by atoms with E-state index in [9.17, 15) is 0 Å². The van der Waals surface area contributed by atoms with Crippen molar-refractivity contribution in [1.82, 2.24) is 8.80 Å². The Labute approximate surface area is 241 Å². The fourth-order valence-corrected chi connectivity index (χ4v) is 7.55. The van der Waals surface area contributed by atoms with Gasteiger partial charge in [-0.1, -0.05) is 75.4 Å². The summed E-state index contributed by atoms with van der Waals surface area (Å²) >= 11 is 0. The Morgan fingerprint density at radius 3 is 2.07 bits per heavy atom. The van der Waals surface area contributed by atoms with Gasteiger partial charge in [-0.15, -0.1) is 0 Å². The lowest BCUT2D eigenvalue weighted by atomic mass is 9.88. The smallest absolute Gasteiger partial charge is 0.212 e. The minimum atomic E-state index is -1.46. The predicted molar refractivity (Wildman–Crippen MR) is 173 cm³/mol. The third-order valence-electron chi connectivity index (χ3n) is 9.00. The molecule has 0 aliphatic heterocycles. The maximum atomic E-state index is 8.87. The van der Waals surface area contributed by atoms with Crippen LogP contribution >= 0.6 is 0 Å². The molecule has 0 saturated heterocycles. The number of aryl methyl sites for hydroxylation is 2. The number of aromatic nitrogens is 3. The van der Waals surface area contributed by atoms with Gasteiger partial charge in [0.15, 0.2) is 6.20 Å². The molecule has 0 aliphatic carbocycles. The fourth-order valence-electron chi connectivity index (χ4n) is 7.55. The number of para-hydroxylation sites is 3. The van der Waals surface area contributed by atoms with Crippen molar-refractivity contribution < 1.29 is 7.31 Å². The second kappa shape index (κ2) is 7.55. The largest absolute Gasteiger partial charge is 0.306 e. The molecule has 0 spiro atoms. The zero-order chi connectivity index (χ0) is 29.6. The van der Waals surface area contributed by atoms with Crippen LogP contribution in [0.15, 0.2) is 91.1 Å². The molecular weight excluding hydrogens is 498 g/mol. The van der Waals surface area contributed by atoms with Gasteiger partial charge in [0.25, 0.3) is 0 Å². The van der Waals surface area contributed by atoms with Gasteiger partial charge in [0.1, 0.15) is 7.05 Å². The van der Waals surface area contributed by atoms with Gasteiger partial charge in [0.05, 0.1) is 38.7 Å². The molecule has 9 rings (SSSR count). The van der Waals surface area contributed by atoms with Crippen molar-refractivity contribution >= 4 is 65.4 Å². The number of pyridine rings is 1. The van der Waals surface area contributed by atoms with Gasteiger partial charge in [0, 0.05) is 46.7 Å². The summed E-state index contributed by atoms with van der Waals surface area (Å²) in [6.45, 7) is 8.13. The van der Waals surface area contributed by atoms with Gasteiger partial charge < -0.3 is 8.80 Å². The van der Waals surface area contributed by atoms with E-state index in [1.54, 1.807) is 0 Å². The van der Waals surface area contributed by atoms with E-state index in [1.165, 1.54) is 76.5 Å². The highest BCUT2D eigenvalue weighted by Crippen LogP contribution is 2.48. The Kier molecular flexibility index (Phi) is 3.90. The van der Waals surface area contributed by atoms with Crippen LogP contribution in [0.25, 0.3) is 76.7 Å². The topological polar surface area (TPSA) is 12.7 Å². The van der Waals surface area contributed by atoms with Crippen LogP contribution in [0.2, 0.25) is 0 Å². The number of nitrogens with zero attached hydrogens (tertiary/aromatic N) is 3. The first-order valence-corrected chi connectivity index (χ1v) is 14.4. The van der Waals surface area contributed by atoms with Gasteiger partial charge in [-0.25, -0.2) is 4.57 Å². The third kappa shape index (κ3) is 2.86. The predicted octanol–water partition coefficient (Wildman–Crippen LogP) is 9.22. The van der Waals surface area contributed by atoms with Crippen LogP contribution in [0.1, 0.15) is 34.6 Å². The van der Waals surface area contributed by atoms with E-state index in [2.05, 4.69) is 99.2 Å². The van der Waals surface area contributed by atoms with Gasteiger partial charge in [-0.3, -0.25) is 0 Å². The lowest BCUT2D eigenvalue weighted by Crippen LogP contribution is -2.32. The van der Waals surface area contributed by atoms with Crippen LogP contribution in [0.3, 0.4) is 0 Å². The first-order chi connectivity index (χ1) is 20.6. The number of hydrogen-bond acceptors (Lipinski definition) is 0. The maximum Gasteiger partial charge on any atom is 0.212 e. The summed E-state index contributed by atoms with van der Waals surface area (Å²) in [7, 11) is 2.04. The Bertz CT molecular complexity index is 2590. The maximum absolute atomic E-state index is 8.87. The molecule has 0 aliphatic rings. The van der Waals surface area contributed by atoms with Crippen LogP contribution in [0.4, 0.5) is 0 Å². The summed E-state index contributed by atoms with van der Waals surface area (Å²) in [5, 5.41) is 7.65. The van der Waals surface area contributed by atoms with E-state index >= 15 is 0 Å². The normalized spacial score (nSPS) is 14.2. The summed E-state index contributed by atoms with van der Waals surface area (Å²) in [5.74, 6) is 0. The van der Waals surface area contributed by atoms with E-state index in [4.69, 9.17) is 2.74 Å². The lowest BCUT2D eigenvalue weighted by molar-refractivity contribution is -0.660. The molecule has 5 heterocycles. The molecule has 0 bridgehead atoms. The molecule has 9 aromatic rings. The molecular formula is C38H32N3+. The summed E-state index contributed by atoms with van der Waals surface area (Å²) in [6, 6.07) is 30.8.